The van der Waals surface area contributed by atoms with Gasteiger partial charge in [0.05, 0.1) is 18.3 Å². The average Bonchev–Trinajstić information content (AvgIpc) is 2.81. The largest absolute Gasteiger partial charge is 0.462 e. The van der Waals surface area contributed by atoms with Crippen LogP contribution in [0, 0.1) is 0 Å². The van der Waals surface area contributed by atoms with E-state index in [0.29, 0.717) is 54.6 Å². The first-order valence-electron chi connectivity index (χ1n) is 11.6. The van der Waals surface area contributed by atoms with Crippen LogP contribution in [0.25, 0.3) is 6.08 Å². The first-order valence-corrected chi connectivity index (χ1v) is 11.6. The van der Waals surface area contributed by atoms with Gasteiger partial charge in [-0.05, 0) is 73.2 Å². The van der Waals surface area contributed by atoms with Gasteiger partial charge in [-0.25, -0.2) is 9.59 Å². The number of anilines is 2. The second-order valence-corrected chi connectivity index (χ2v) is 8.61. The Labute approximate surface area is 207 Å². The molecular formula is C26H29F3N2O5. The summed E-state index contributed by atoms with van der Waals surface area (Å²) in [5, 5.41) is 0. The van der Waals surface area contributed by atoms with Crippen LogP contribution in [0.2, 0.25) is 0 Å². The number of nitrogen functional groups attached to an aromatic ring is 2. The van der Waals surface area contributed by atoms with Gasteiger partial charge in [0.15, 0.2) is 0 Å². The van der Waals surface area contributed by atoms with Crippen molar-refractivity contribution in [3.63, 3.8) is 0 Å². The third kappa shape index (κ3) is 9.26. The molecule has 2 aromatic rings. The molecule has 0 bridgehead atoms. The van der Waals surface area contributed by atoms with Gasteiger partial charge < -0.3 is 25.7 Å². The van der Waals surface area contributed by atoms with Gasteiger partial charge in [-0.3, -0.25) is 0 Å². The van der Waals surface area contributed by atoms with Crippen LogP contribution in [0.15, 0.2) is 48.5 Å². The van der Waals surface area contributed by atoms with Crippen molar-refractivity contribution >= 4 is 29.4 Å². The van der Waals surface area contributed by atoms with Crippen molar-refractivity contribution in [1.29, 1.82) is 0 Å². The highest BCUT2D eigenvalue weighted by Crippen LogP contribution is 2.26. The fourth-order valence-corrected chi connectivity index (χ4v) is 3.85. The molecule has 0 heterocycles. The van der Waals surface area contributed by atoms with Crippen molar-refractivity contribution in [3.05, 3.63) is 65.2 Å². The first-order chi connectivity index (χ1) is 17.1. The summed E-state index contributed by atoms with van der Waals surface area (Å²) in [5.41, 5.74) is 14.5. The Kier molecular flexibility index (Phi) is 9.35. The Morgan fingerprint density at radius 1 is 0.944 bits per heavy atom. The summed E-state index contributed by atoms with van der Waals surface area (Å²) in [5.74, 6) is -1.02. The molecule has 1 aliphatic carbocycles. The number of esters is 2. The predicted molar refractivity (Wildman–Crippen MR) is 129 cm³/mol. The molecule has 1 fully saturated rings. The summed E-state index contributed by atoms with van der Waals surface area (Å²) in [6, 6.07) is 11.7. The van der Waals surface area contributed by atoms with E-state index in [1.165, 1.54) is 6.08 Å². The summed E-state index contributed by atoms with van der Waals surface area (Å²) in [6.07, 6.45) is -0.144. The van der Waals surface area contributed by atoms with Crippen LogP contribution in [0.4, 0.5) is 24.5 Å². The molecule has 10 heteroatoms. The number of alkyl halides is 3. The SMILES string of the molecule is Nc1cc(N)cc(CCOC(=O)/C=C/c2ccc(C(=O)OC3CCC(OCC(F)(F)F)CC3)cc2)c1. The van der Waals surface area contributed by atoms with Crippen LogP contribution >= 0.6 is 0 Å². The molecule has 36 heavy (non-hydrogen) atoms. The van der Waals surface area contributed by atoms with E-state index in [2.05, 4.69) is 0 Å². The molecule has 0 aromatic heterocycles. The van der Waals surface area contributed by atoms with Crippen molar-refractivity contribution in [2.75, 3.05) is 24.7 Å². The third-order valence-electron chi connectivity index (χ3n) is 5.61. The molecule has 4 N–H and O–H groups in total. The lowest BCUT2D eigenvalue weighted by molar-refractivity contribution is -0.189. The summed E-state index contributed by atoms with van der Waals surface area (Å²) in [7, 11) is 0. The standard InChI is InChI=1S/C26H29F3N2O5/c27-26(28,29)16-35-22-6-8-23(9-7-22)36-25(33)19-4-1-17(2-5-19)3-10-24(32)34-12-11-18-13-20(30)15-21(31)14-18/h1-5,10,13-15,22-23H,6-9,11-12,16,30-31H2/b10-3+. The van der Waals surface area contributed by atoms with Crippen LogP contribution in [-0.2, 0) is 25.4 Å². The summed E-state index contributed by atoms with van der Waals surface area (Å²) >= 11 is 0. The molecule has 3 rings (SSSR count). The number of carbonyl (C=O) groups is 2. The molecule has 0 amide bonds. The number of nitrogens with two attached hydrogens (primary N) is 2. The quantitative estimate of drug-likeness (QED) is 0.288. The van der Waals surface area contributed by atoms with Crippen molar-refractivity contribution in [2.24, 2.45) is 0 Å². The van der Waals surface area contributed by atoms with Crippen molar-refractivity contribution in [1.82, 2.24) is 0 Å². The molecule has 0 spiro atoms. The van der Waals surface area contributed by atoms with Crippen LogP contribution in [0.1, 0.15) is 47.2 Å². The zero-order valence-corrected chi connectivity index (χ0v) is 19.6. The van der Waals surface area contributed by atoms with Gasteiger partial charge in [0, 0.05) is 23.9 Å². The molecule has 0 radical (unpaired) electrons. The normalized spacial score (nSPS) is 18.2. The van der Waals surface area contributed by atoms with Crippen LogP contribution in [0.3, 0.4) is 0 Å². The number of carbonyl (C=O) groups excluding carboxylic acids is 2. The van der Waals surface area contributed by atoms with Gasteiger partial charge in [-0.15, -0.1) is 0 Å². The monoisotopic (exact) mass is 506 g/mol. The van der Waals surface area contributed by atoms with E-state index in [4.69, 9.17) is 25.7 Å². The molecule has 1 aliphatic rings. The van der Waals surface area contributed by atoms with E-state index in [1.54, 1.807) is 48.5 Å². The fraction of sp³-hybridized carbons (Fsp3) is 0.385. The summed E-state index contributed by atoms with van der Waals surface area (Å²) in [4.78, 5) is 24.3. The summed E-state index contributed by atoms with van der Waals surface area (Å²) in [6.45, 7) is -1.09. The van der Waals surface area contributed by atoms with E-state index in [9.17, 15) is 22.8 Å². The second kappa shape index (κ2) is 12.4. The molecular weight excluding hydrogens is 477 g/mol. The van der Waals surface area contributed by atoms with E-state index < -0.39 is 30.8 Å². The fourth-order valence-electron chi connectivity index (χ4n) is 3.85. The zero-order valence-electron chi connectivity index (χ0n) is 19.6. The first kappa shape index (κ1) is 27.1. The van der Waals surface area contributed by atoms with Gasteiger partial charge >= 0.3 is 18.1 Å². The van der Waals surface area contributed by atoms with Gasteiger partial charge in [0.25, 0.3) is 0 Å². The van der Waals surface area contributed by atoms with E-state index in [0.717, 1.165) is 5.56 Å². The Morgan fingerprint density at radius 2 is 1.56 bits per heavy atom. The summed E-state index contributed by atoms with van der Waals surface area (Å²) < 4.78 is 52.3. The van der Waals surface area contributed by atoms with E-state index in [1.807, 2.05) is 0 Å². The molecule has 0 saturated heterocycles. The maximum absolute atomic E-state index is 12.4. The Hall–Kier alpha value is -3.53. The van der Waals surface area contributed by atoms with Crippen molar-refractivity contribution in [3.8, 4) is 0 Å². The minimum absolute atomic E-state index is 0.174. The lowest BCUT2D eigenvalue weighted by Crippen LogP contribution is -2.30. The van der Waals surface area contributed by atoms with Crippen LogP contribution in [-0.4, -0.2) is 43.5 Å². The molecule has 194 valence electrons. The maximum Gasteiger partial charge on any atom is 0.411 e. The topological polar surface area (TPSA) is 114 Å². The minimum Gasteiger partial charge on any atom is -0.462 e. The van der Waals surface area contributed by atoms with Gasteiger partial charge in [-0.1, -0.05) is 12.1 Å². The zero-order chi connectivity index (χ0) is 26.1. The molecule has 0 unspecified atom stereocenters. The highest BCUT2D eigenvalue weighted by atomic mass is 19.4. The number of benzene rings is 2. The van der Waals surface area contributed by atoms with Gasteiger partial charge in [0.2, 0.25) is 0 Å². The van der Waals surface area contributed by atoms with Gasteiger partial charge in [-0.2, -0.15) is 13.2 Å². The molecule has 7 nitrogen and oxygen atoms in total. The van der Waals surface area contributed by atoms with Crippen LogP contribution in [0.5, 0.6) is 0 Å². The second-order valence-electron chi connectivity index (χ2n) is 8.61. The Bertz CT molecular complexity index is 1040. The van der Waals surface area contributed by atoms with Crippen molar-refractivity contribution in [2.45, 2.75) is 50.5 Å². The Morgan fingerprint density at radius 3 is 2.17 bits per heavy atom. The smallest absolute Gasteiger partial charge is 0.411 e. The minimum atomic E-state index is -4.35. The number of rotatable bonds is 9. The third-order valence-corrected chi connectivity index (χ3v) is 5.61. The number of hydrogen-bond acceptors (Lipinski definition) is 7. The lowest BCUT2D eigenvalue weighted by atomic mass is 9.95. The Balaban J connectivity index is 1.39. The number of ether oxygens (including phenoxy) is 3. The van der Waals surface area contributed by atoms with Gasteiger partial charge in [0.1, 0.15) is 12.7 Å². The van der Waals surface area contributed by atoms with E-state index in [-0.39, 0.29) is 12.7 Å². The van der Waals surface area contributed by atoms with E-state index >= 15 is 0 Å². The number of hydrogen-bond donors (Lipinski definition) is 2. The lowest BCUT2D eigenvalue weighted by Gasteiger charge is -2.28. The molecule has 2 aromatic carbocycles. The highest BCUT2D eigenvalue weighted by Gasteiger charge is 2.31. The predicted octanol–water partition coefficient (Wildman–Crippen LogP) is 4.70. The molecule has 0 atom stereocenters. The van der Waals surface area contributed by atoms with Crippen molar-refractivity contribution < 1.29 is 37.0 Å². The molecule has 1 saturated carbocycles. The number of halogens is 3. The maximum atomic E-state index is 12.4. The average molecular weight is 507 g/mol. The highest BCUT2D eigenvalue weighted by molar-refractivity contribution is 5.90. The van der Waals surface area contributed by atoms with Crippen LogP contribution < -0.4 is 11.5 Å². The molecule has 0 aliphatic heterocycles.